The van der Waals surface area contributed by atoms with Gasteiger partial charge in [0.15, 0.2) is 0 Å². The monoisotopic (exact) mass is 319 g/mol. The standard InChI is InChI=1S/C20H21N3O/c24-20-17-8-4-5-9-18(17)21-19(22-20)14-23-12-10-16(11-13-23)15-6-2-1-3-7-15/h1-9,16H,10-14H2,(H,21,22,24). The topological polar surface area (TPSA) is 49.0 Å². The van der Waals surface area contributed by atoms with Crippen LogP contribution in [0.1, 0.15) is 30.1 Å². The van der Waals surface area contributed by atoms with Gasteiger partial charge in [0.2, 0.25) is 0 Å². The molecule has 0 radical (unpaired) electrons. The van der Waals surface area contributed by atoms with E-state index in [-0.39, 0.29) is 5.56 Å². The van der Waals surface area contributed by atoms with Gasteiger partial charge < -0.3 is 4.98 Å². The van der Waals surface area contributed by atoms with Gasteiger partial charge in [-0.15, -0.1) is 0 Å². The number of benzene rings is 2. The molecule has 3 aromatic rings. The van der Waals surface area contributed by atoms with Crippen LogP contribution in [0.3, 0.4) is 0 Å². The van der Waals surface area contributed by atoms with Crippen molar-refractivity contribution in [2.75, 3.05) is 13.1 Å². The zero-order valence-electron chi connectivity index (χ0n) is 13.6. The second-order valence-electron chi connectivity index (χ2n) is 6.49. The van der Waals surface area contributed by atoms with Gasteiger partial charge in [0.25, 0.3) is 5.56 Å². The van der Waals surface area contributed by atoms with Gasteiger partial charge in [-0.1, -0.05) is 42.5 Å². The lowest BCUT2D eigenvalue weighted by Gasteiger charge is -2.31. The second-order valence-corrected chi connectivity index (χ2v) is 6.49. The van der Waals surface area contributed by atoms with Gasteiger partial charge in [0.1, 0.15) is 5.82 Å². The average molecular weight is 319 g/mol. The number of likely N-dealkylation sites (tertiary alicyclic amines) is 1. The number of hydrogen-bond donors (Lipinski definition) is 1. The van der Waals surface area contributed by atoms with Crippen molar-refractivity contribution in [3.05, 3.63) is 76.3 Å². The molecular weight excluding hydrogens is 298 g/mol. The largest absolute Gasteiger partial charge is 0.309 e. The lowest BCUT2D eigenvalue weighted by atomic mass is 9.89. The highest BCUT2D eigenvalue weighted by Crippen LogP contribution is 2.28. The second kappa shape index (κ2) is 6.57. The molecule has 2 aromatic carbocycles. The summed E-state index contributed by atoms with van der Waals surface area (Å²) >= 11 is 0. The van der Waals surface area contributed by atoms with Crippen LogP contribution in [0, 0.1) is 0 Å². The van der Waals surface area contributed by atoms with E-state index in [1.807, 2.05) is 24.3 Å². The summed E-state index contributed by atoms with van der Waals surface area (Å²) < 4.78 is 0. The Labute approximate surface area is 141 Å². The van der Waals surface area contributed by atoms with E-state index in [4.69, 9.17) is 0 Å². The summed E-state index contributed by atoms with van der Waals surface area (Å²) in [5.41, 5.74) is 2.17. The van der Waals surface area contributed by atoms with Crippen molar-refractivity contribution in [1.29, 1.82) is 0 Å². The molecular formula is C20H21N3O. The molecule has 1 aliphatic rings. The Hall–Kier alpha value is -2.46. The van der Waals surface area contributed by atoms with Crippen molar-refractivity contribution in [3.63, 3.8) is 0 Å². The zero-order chi connectivity index (χ0) is 16.4. The third-order valence-electron chi connectivity index (χ3n) is 4.89. The molecule has 24 heavy (non-hydrogen) atoms. The first kappa shape index (κ1) is 15.1. The maximum atomic E-state index is 12.2. The van der Waals surface area contributed by atoms with Gasteiger partial charge in [-0.3, -0.25) is 9.69 Å². The van der Waals surface area contributed by atoms with Crippen molar-refractivity contribution >= 4 is 10.9 Å². The number of aromatic amines is 1. The maximum absolute atomic E-state index is 12.2. The van der Waals surface area contributed by atoms with E-state index in [1.54, 1.807) is 0 Å². The summed E-state index contributed by atoms with van der Waals surface area (Å²) in [7, 11) is 0. The summed E-state index contributed by atoms with van der Waals surface area (Å²) in [4.78, 5) is 22.1. The molecule has 0 unspecified atom stereocenters. The summed E-state index contributed by atoms with van der Waals surface area (Å²) in [5.74, 6) is 1.41. The molecule has 1 saturated heterocycles. The lowest BCUT2D eigenvalue weighted by Crippen LogP contribution is -2.33. The molecule has 0 spiro atoms. The first-order valence-corrected chi connectivity index (χ1v) is 8.55. The number of nitrogens with one attached hydrogen (secondary N) is 1. The SMILES string of the molecule is O=c1[nH]c(CN2CCC(c3ccccc3)CC2)nc2ccccc12. The van der Waals surface area contributed by atoms with E-state index in [9.17, 15) is 4.79 Å². The van der Waals surface area contributed by atoms with Crippen molar-refractivity contribution in [1.82, 2.24) is 14.9 Å². The molecule has 0 amide bonds. The molecule has 0 saturated carbocycles. The quantitative estimate of drug-likeness (QED) is 0.806. The number of H-pyrrole nitrogens is 1. The number of hydrogen-bond acceptors (Lipinski definition) is 3. The predicted octanol–water partition coefficient (Wildman–Crippen LogP) is 3.30. The fraction of sp³-hybridized carbons (Fsp3) is 0.300. The summed E-state index contributed by atoms with van der Waals surface area (Å²) in [6.45, 7) is 2.79. The Balaban J connectivity index is 1.45. The van der Waals surface area contributed by atoms with Gasteiger partial charge in [-0.05, 0) is 49.5 Å². The molecule has 1 N–H and O–H groups in total. The van der Waals surface area contributed by atoms with Crippen LogP contribution in [0.4, 0.5) is 0 Å². The summed E-state index contributed by atoms with van der Waals surface area (Å²) in [6, 6.07) is 18.3. The molecule has 0 bridgehead atoms. The van der Waals surface area contributed by atoms with Crippen LogP contribution in [0.2, 0.25) is 0 Å². The van der Waals surface area contributed by atoms with Crippen LogP contribution < -0.4 is 5.56 Å². The summed E-state index contributed by atoms with van der Waals surface area (Å²) in [5, 5.41) is 0.657. The molecule has 4 nitrogen and oxygen atoms in total. The summed E-state index contributed by atoms with van der Waals surface area (Å²) in [6.07, 6.45) is 2.31. The highest BCUT2D eigenvalue weighted by atomic mass is 16.1. The minimum atomic E-state index is -0.0465. The van der Waals surface area contributed by atoms with E-state index in [1.165, 1.54) is 5.56 Å². The molecule has 0 atom stereocenters. The first-order valence-electron chi connectivity index (χ1n) is 8.55. The molecule has 1 aliphatic heterocycles. The van der Waals surface area contributed by atoms with Gasteiger partial charge >= 0.3 is 0 Å². The van der Waals surface area contributed by atoms with Crippen LogP contribution in [0.5, 0.6) is 0 Å². The highest BCUT2D eigenvalue weighted by molar-refractivity contribution is 5.77. The number of piperidine rings is 1. The van der Waals surface area contributed by atoms with Gasteiger partial charge in [-0.2, -0.15) is 0 Å². The number of nitrogens with zero attached hydrogens (tertiary/aromatic N) is 2. The Bertz CT molecular complexity index is 880. The van der Waals surface area contributed by atoms with Crippen LogP contribution in [0.15, 0.2) is 59.4 Å². The Morgan fingerprint density at radius 1 is 1.00 bits per heavy atom. The van der Waals surface area contributed by atoms with E-state index in [0.717, 1.165) is 37.3 Å². The van der Waals surface area contributed by atoms with E-state index < -0.39 is 0 Å². The molecule has 1 aromatic heterocycles. The zero-order valence-corrected chi connectivity index (χ0v) is 13.6. The predicted molar refractivity (Wildman–Crippen MR) is 96.1 cm³/mol. The van der Waals surface area contributed by atoms with Crippen molar-refractivity contribution < 1.29 is 0 Å². The highest BCUT2D eigenvalue weighted by Gasteiger charge is 2.21. The van der Waals surface area contributed by atoms with Gasteiger partial charge in [-0.25, -0.2) is 4.98 Å². The number of aromatic nitrogens is 2. The van der Waals surface area contributed by atoms with Gasteiger partial charge in [0.05, 0.1) is 17.4 Å². The lowest BCUT2D eigenvalue weighted by molar-refractivity contribution is 0.200. The van der Waals surface area contributed by atoms with E-state index >= 15 is 0 Å². The molecule has 1 fully saturated rings. The van der Waals surface area contributed by atoms with Crippen LogP contribution in [-0.4, -0.2) is 28.0 Å². The van der Waals surface area contributed by atoms with Crippen LogP contribution >= 0.6 is 0 Å². The third kappa shape index (κ3) is 3.10. The number of rotatable bonds is 3. The molecule has 4 rings (SSSR count). The minimum Gasteiger partial charge on any atom is -0.309 e. The van der Waals surface area contributed by atoms with E-state index in [0.29, 0.717) is 17.8 Å². The third-order valence-corrected chi connectivity index (χ3v) is 4.89. The number of fused-ring (bicyclic) bond motifs is 1. The number of para-hydroxylation sites is 1. The molecule has 0 aliphatic carbocycles. The van der Waals surface area contributed by atoms with Crippen LogP contribution in [0.25, 0.3) is 10.9 Å². The fourth-order valence-electron chi connectivity index (χ4n) is 3.57. The normalized spacial score (nSPS) is 16.5. The van der Waals surface area contributed by atoms with Crippen LogP contribution in [-0.2, 0) is 6.54 Å². The fourth-order valence-corrected chi connectivity index (χ4v) is 3.57. The van der Waals surface area contributed by atoms with Gasteiger partial charge in [0, 0.05) is 0 Å². The minimum absolute atomic E-state index is 0.0465. The smallest absolute Gasteiger partial charge is 0.258 e. The first-order chi connectivity index (χ1) is 11.8. The maximum Gasteiger partial charge on any atom is 0.258 e. The average Bonchev–Trinajstić information content (AvgIpc) is 2.63. The Morgan fingerprint density at radius 3 is 2.50 bits per heavy atom. The Kier molecular flexibility index (Phi) is 4.13. The molecule has 2 heterocycles. The molecule has 4 heteroatoms. The van der Waals surface area contributed by atoms with Crippen molar-refractivity contribution in [3.8, 4) is 0 Å². The Morgan fingerprint density at radius 2 is 1.71 bits per heavy atom. The van der Waals surface area contributed by atoms with Crippen molar-refractivity contribution in [2.45, 2.75) is 25.3 Å². The molecule has 122 valence electrons. The van der Waals surface area contributed by atoms with Crippen molar-refractivity contribution in [2.24, 2.45) is 0 Å². The van der Waals surface area contributed by atoms with E-state index in [2.05, 4.69) is 45.2 Å².